The molecule has 2 aromatic rings. The number of nitrogens with zero attached hydrogens (tertiary/aromatic N) is 1. The average molecular weight is 256 g/mol. The van der Waals surface area contributed by atoms with Crippen molar-refractivity contribution in [2.45, 2.75) is 20.0 Å². The highest BCUT2D eigenvalue weighted by molar-refractivity contribution is 6.32. The Kier molecular flexibility index (Phi) is 3.06. The van der Waals surface area contributed by atoms with Crippen LogP contribution in [0.3, 0.4) is 0 Å². The maximum Gasteiger partial charge on any atom is 0.135 e. The maximum absolute atomic E-state index is 9.54. The molecule has 2 nitrogen and oxygen atoms in total. The van der Waals surface area contributed by atoms with Crippen molar-refractivity contribution in [2.24, 2.45) is 0 Å². The Labute approximate surface area is 104 Å². The first kappa shape index (κ1) is 11.6. The number of rotatable bonds is 1. The number of aliphatic hydroxyl groups excluding tert-OH is 1. The van der Waals surface area contributed by atoms with Crippen molar-refractivity contribution in [1.82, 2.24) is 4.98 Å². The van der Waals surface area contributed by atoms with Crippen molar-refractivity contribution in [3.05, 3.63) is 39.5 Å². The van der Waals surface area contributed by atoms with Crippen LogP contribution in [0.25, 0.3) is 10.9 Å². The molecule has 0 saturated carbocycles. The molecule has 1 atom stereocenters. The van der Waals surface area contributed by atoms with Crippen LogP contribution < -0.4 is 0 Å². The first-order valence-corrected chi connectivity index (χ1v) is 5.69. The van der Waals surface area contributed by atoms with Gasteiger partial charge in [0.2, 0.25) is 0 Å². The molecule has 1 aromatic carbocycles. The van der Waals surface area contributed by atoms with Gasteiger partial charge in [-0.15, -0.1) is 0 Å². The highest BCUT2D eigenvalue weighted by Crippen LogP contribution is 2.28. The van der Waals surface area contributed by atoms with Crippen molar-refractivity contribution in [3.8, 4) is 0 Å². The number of pyridine rings is 1. The molecule has 2 rings (SSSR count). The third kappa shape index (κ3) is 2.01. The van der Waals surface area contributed by atoms with Gasteiger partial charge in [0, 0.05) is 16.0 Å². The van der Waals surface area contributed by atoms with Gasteiger partial charge < -0.3 is 5.11 Å². The summed E-state index contributed by atoms with van der Waals surface area (Å²) in [7, 11) is 0. The van der Waals surface area contributed by atoms with Gasteiger partial charge in [0.25, 0.3) is 0 Å². The lowest BCUT2D eigenvalue weighted by Gasteiger charge is -2.09. The summed E-state index contributed by atoms with van der Waals surface area (Å²) in [5.74, 6) is 0. The van der Waals surface area contributed by atoms with Gasteiger partial charge in [-0.1, -0.05) is 23.2 Å². The first-order valence-electron chi connectivity index (χ1n) is 4.93. The predicted molar refractivity (Wildman–Crippen MR) is 67.1 cm³/mol. The van der Waals surface area contributed by atoms with Crippen molar-refractivity contribution in [3.63, 3.8) is 0 Å². The molecule has 0 aliphatic heterocycles. The Morgan fingerprint density at radius 3 is 2.56 bits per heavy atom. The fraction of sp³-hybridized carbons (Fsp3) is 0.250. The smallest absolute Gasteiger partial charge is 0.135 e. The number of aromatic nitrogens is 1. The minimum absolute atomic E-state index is 0.322. The standard InChI is InChI=1S/C12H11Cl2NO/c1-6-3-8-4-9(7(2)16)12(14)15-11(8)5-10(6)13/h3-5,7,16H,1-2H3. The quantitative estimate of drug-likeness (QED) is 0.785. The molecule has 0 aliphatic rings. The molecule has 0 radical (unpaired) electrons. The monoisotopic (exact) mass is 255 g/mol. The Morgan fingerprint density at radius 1 is 1.25 bits per heavy atom. The van der Waals surface area contributed by atoms with Crippen molar-refractivity contribution in [1.29, 1.82) is 0 Å². The lowest BCUT2D eigenvalue weighted by molar-refractivity contribution is 0.199. The van der Waals surface area contributed by atoms with Gasteiger partial charge in [-0.3, -0.25) is 0 Å². The largest absolute Gasteiger partial charge is 0.389 e. The zero-order valence-corrected chi connectivity index (χ0v) is 10.5. The van der Waals surface area contributed by atoms with E-state index in [2.05, 4.69) is 4.98 Å². The second-order valence-corrected chi connectivity index (χ2v) is 4.60. The molecule has 0 amide bonds. The number of fused-ring (bicyclic) bond motifs is 1. The van der Waals surface area contributed by atoms with Gasteiger partial charge in [-0.05, 0) is 37.6 Å². The van der Waals surface area contributed by atoms with Crippen LogP contribution in [0.2, 0.25) is 10.2 Å². The van der Waals surface area contributed by atoms with Crippen molar-refractivity contribution < 1.29 is 5.11 Å². The predicted octanol–water partition coefficient (Wildman–Crippen LogP) is 3.90. The Balaban J connectivity index is 2.74. The van der Waals surface area contributed by atoms with Crippen molar-refractivity contribution in [2.75, 3.05) is 0 Å². The molecule has 84 valence electrons. The molecule has 1 heterocycles. The van der Waals surface area contributed by atoms with E-state index < -0.39 is 6.10 Å². The molecule has 1 N–H and O–H groups in total. The summed E-state index contributed by atoms with van der Waals surface area (Å²) < 4.78 is 0. The van der Waals surface area contributed by atoms with E-state index in [-0.39, 0.29) is 0 Å². The second-order valence-electron chi connectivity index (χ2n) is 3.84. The van der Waals surface area contributed by atoms with E-state index in [1.54, 1.807) is 13.0 Å². The fourth-order valence-electron chi connectivity index (χ4n) is 1.60. The van der Waals surface area contributed by atoms with Gasteiger partial charge in [0.05, 0.1) is 11.6 Å². The highest BCUT2D eigenvalue weighted by atomic mass is 35.5. The fourth-order valence-corrected chi connectivity index (χ4v) is 2.06. The van der Waals surface area contributed by atoms with Crippen LogP contribution in [-0.4, -0.2) is 10.1 Å². The molecule has 0 aliphatic carbocycles. The number of benzene rings is 1. The van der Waals surface area contributed by atoms with Gasteiger partial charge in [0.15, 0.2) is 0 Å². The molecule has 0 saturated heterocycles. The molecule has 0 bridgehead atoms. The maximum atomic E-state index is 9.54. The highest BCUT2D eigenvalue weighted by Gasteiger charge is 2.10. The number of aliphatic hydroxyl groups is 1. The van der Waals surface area contributed by atoms with Crippen LogP contribution in [0, 0.1) is 6.92 Å². The number of hydrogen-bond donors (Lipinski definition) is 1. The molecule has 0 spiro atoms. The Hall–Kier alpha value is -0.830. The lowest BCUT2D eigenvalue weighted by atomic mass is 10.1. The van der Waals surface area contributed by atoms with Crippen LogP contribution >= 0.6 is 23.2 Å². The van der Waals surface area contributed by atoms with Crippen molar-refractivity contribution >= 4 is 34.1 Å². The Morgan fingerprint density at radius 2 is 1.94 bits per heavy atom. The molecular formula is C12H11Cl2NO. The van der Waals surface area contributed by atoms with Crippen LogP contribution in [-0.2, 0) is 0 Å². The summed E-state index contributed by atoms with van der Waals surface area (Å²) >= 11 is 12.0. The van der Waals surface area contributed by atoms with E-state index in [0.29, 0.717) is 15.7 Å². The molecule has 4 heteroatoms. The van der Waals surface area contributed by atoms with Crippen LogP contribution in [0.1, 0.15) is 24.2 Å². The SMILES string of the molecule is Cc1cc2cc(C(C)O)c(Cl)nc2cc1Cl. The van der Waals surface area contributed by atoms with Gasteiger partial charge in [-0.25, -0.2) is 4.98 Å². The first-order chi connectivity index (χ1) is 7.49. The minimum atomic E-state index is -0.625. The van der Waals surface area contributed by atoms with E-state index >= 15 is 0 Å². The number of halogens is 2. The zero-order chi connectivity index (χ0) is 11.9. The third-order valence-electron chi connectivity index (χ3n) is 2.53. The van der Waals surface area contributed by atoms with Gasteiger partial charge in [0.1, 0.15) is 5.15 Å². The Bertz CT molecular complexity index is 552. The molecule has 0 fully saturated rings. The van der Waals surface area contributed by atoms with E-state index in [1.165, 1.54) is 0 Å². The molecule has 16 heavy (non-hydrogen) atoms. The number of aryl methyl sites for hydroxylation is 1. The number of hydrogen-bond acceptors (Lipinski definition) is 2. The summed E-state index contributed by atoms with van der Waals surface area (Å²) in [6.07, 6.45) is -0.625. The van der Waals surface area contributed by atoms with E-state index in [1.807, 2.05) is 19.1 Å². The summed E-state index contributed by atoms with van der Waals surface area (Å²) in [5, 5.41) is 11.5. The summed E-state index contributed by atoms with van der Waals surface area (Å²) in [6.45, 7) is 3.59. The van der Waals surface area contributed by atoms with Gasteiger partial charge >= 0.3 is 0 Å². The summed E-state index contributed by atoms with van der Waals surface area (Å²) in [6, 6.07) is 5.56. The van der Waals surface area contributed by atoms with E-state index in [9.17, 15) is 5.11 Å². The molecule has 1 unspecified atom stereocenters. The average Bonchev–Trinajstić information content (AvgIpc) is 2.19. The molecular weight excluding hydrogens is 245 g/mol. The normalized spacial score (nSPS) is 13.1. The third-order valence-corrected chi connectivity index (χ3v) is 3.24. The zero-order valence-electron chi connectivity index (χ0n) is 8.96. The van der Waals surface area contributed by atoms with E-state index in [0.717, 1.165) is 16.5 Å². The minimum Gasteiger partial charge on any atom is -0.389 e. The summed E-state index contributed by atoms with van der Waals surface area (Å²) in [4.78, 5) is 4.22. The molecule has 1 aromatic heterocycles. The topological polar surface area (TPSA) is 33.1 Å². The second kappa shape index (κ2) is 4.21. The summed E-state index contributed by atoms with van der Waals surface area (Å²) in [5.41, 5.74) is 2.36. The van der Waals surface area contributed by atoms with E-state index in [4.69, 9.17) is 23.2 Å². The van der Waals surface area contributed by atoms with Crippen LogP contribution in [0.15, 0.2) is 18.2 Å². The van der Waals surface area contributed by atoms with Gasteiger partial charge in [-0.2, -0.15) is 0 Å². The van der Waals surface area contributed by atoms with Crippen LogP contribution in [0.4, 0.5) is 0 Å². The van der Waals surface area contributed by atoms with Crippen LogP contribution in [0.5, 0.6) is 0 Å². The lowest BCUT2D eigenvalue weighted by Crippen LogP contribution is -1.95.